The molecule has 0 aliphatic heterocycles. The number of rotatable bonds is 2. The standard InChI is InChI=1S/C6H6ClN3O3/c1-13-4-2(5(11)12)3(8)9-6(7)10-4/h1H3,(H,11,12)(H2,8,9,10). The van der Waals surface area contributed by atoms with Gasteiger partial charge in [-0.2, -0.15) is 9.97 Å². The predicted molar refractivity (Wildman–Crippen MR) is 45.0 cm³/mol. The third-order valence-corrected chi connectivity index (χ3v) is 1.45. The van der Waals surface area contributed by atoms with Gasteiger partial charge in [0.1, 0.15) is 5.82 Å². The Morgan fingerprint density at radius 1 is 1.62 bits per heavy atom. The number of carbonyl (C=O) groups is 1. The SMILES string of the molecule is COc1nc(Cl)nc(N)c1C(=O)O. The van der Waals surface area contributed by atoms with Crippen LogP contribution < -0.4 is 10.5 Å². The number of hydrogen-bond acceptors (Lipinski definition) is 5. The molecule has 1 heterocycles. The lowest BCUT2D eigenvalue weighted by Crippen LogP contribution is -2.09. The minimum atomic E-state index is -1.26. The van der Waals surface area contributed by atoms with Crippen LogP contribution in [0.3, 0.4) is 0 Å². The Kier molecular flexibility index (Phi) is 2.52. The van der Waals surface area contributed by atoms with Gasteiger partial charge < -0.3 is 15.6 Å². The van der Waals surface area contributed by atoms with Crippen LogP contribution in [0.15, 0.2) is 0 Å². The van der Waals surface area contributed by atoms with Gasteiger partial charge >= 0.3 is 5.97 Å². The van der Waals surface area contributed by atoms with Gasteiger partial charge in [-0.05, 0) is 11.6 Å². The number of ether oxygens (including phenoxy) is 1. The third-order valence-electron chi connectivity index (χ3n) is 1.28. The fourth-order valence-corrected chi connectivity index (χ4v) is 0.946. The Hall–Kier alpha value is -1.56. The van der Waals surface area contributed by atoms with E-state index in [1.807, 2.05) is 0 Å². The van der Waals surface area contributed by atoms with Crippen molar-refractivity contribution in [1.82, 2.24) is 9.97 Å². The number of carboxylic acid groups (broad SMARTS) is 1. The van der Waals surface area contributed by atoms with E-state index in [0.717, 1.165) is 0 Å². The van der Waals surface area contributed by atoms with Crippen LogP contribution >= 0.6 is 11.6 Å². The normalized spacial score (nSPS) is 9.69. The van der Waals surface area contributed by atoms with Gasteiger partial charge in [0, 0.05) is 0 Å². The second kappa shape index (κ2) is 3.44. The molecule has 13 heavy (non-hydrogen) atoms. The Morgan fingerprint density at radius 2 is 2.23 bits per heavy atom. The molecule has 0 unspecified atom stereocenters. The highest BCUT2D eigenvalue weighted by molar-refractivity contribution is 6.28. The van der Waals surface area contributed by atoms with Gasteiger partial charge in [0.2, 0.25) is 11.2 Å². The Morgan fingerprint density at radius 3 is 2.69 bits per heavy atom. The molecule has 0 saturated heterocycles. The topological polar surface area (TPSA) is 98.3 Å². The zero-order valence-electron chi connectivity index (χ0n) is 6.61. The molecule has 0 aromatic carbocycles. The first-order chi connectivity index (χ1) is 6.06. The number of aromatic carboxylic acids is 1. The van der Waals surface area contributed by atoms with Gasteiger partial charge in [0.05, 0.1) is 7.11 Å². The van der Waals surface area contributed by atoms with Crippen molar-refractivity contribution >= 4 is 23.4 Å². The molecule has 1 aromatic rings. The fourth-order valence-electron chi connectivity index (χ4n) is 0.778. The molecule has 0 fully saturated rings. The maximum Gasteiger partial charge on any atom is 0.345 e. The second-order valence-electron chi connectivity index (χ2n) is 2.07. The largest absolute Gasteiger partial charge is 0.480 e. The number of hydrogen-bond donors (Lipinski definition) is 2. The van der Waals surface area contributed by atoms with Crippen LogP contribution in [0.1, 0.15) is 10.4 Å². The van der Waals surface area contributed by atoms with Crippen LogP contribution in [0, 0.1) is 0 Å². The number of nitrogens with two attached hydrogens (primary N) is 1. The van der Waals surface area contributed by atoms with E-state index in [1.165, 1.54) is 7.11 Å². The molecular weight excluding hydrogens is 198 g/mol. The first-order valence-electron chi connectivity index (χ1n) is 3.16. The van der Waals surface area contributed by atoms with E-state index in [4.69, 9.17) is 22.4 Å². The van der Waals surface area contributed by atoms with Crippen molar-refractivity contribution in [3.8, 4) is 5.88 Å². The van der Waals surface area contributed by atoms with Gasteiger partial charge in [-0.15, -0.1) is 0 Å². The van der Waals surface area contributed by atoms with Crippen molar-refractivity contribution in [3.05, 3.63) is 10.8 Å². The molecule has 1 rings (SSSR count). The van der Waals surface area contributed by atoms with Crippen molar-refractivity contribution in [2.24, 2.45) is 0 Å². The lowest BCUT2D eigenvalue weighted by atomic mass is 10.3. The maximum absolute atomic E-state index is 10.6. The number of anilines is 1. The monoisotopic (exact) mass is 203 g/mol. The molecule has 0 radical (unpaired) electrons. The van der Waals surface area contributed by atoms with E-state index < -0.39 is 5.97 Å². The van der Waals surface area contributed by atoms with Crippen molar-refractivity contribution in [2.45, 2.75) is 0 Å². The van der Waals surface area contributed by atoms with Gasteiger partial charge in [0.25, 0.3) is 0 Å². The zero-order valence-corrected chi connectivity index (χ0v) is 7.37. The number of nitrogen functional groups attached to an aromatic ring is 1. The minimum absolute atomic E-state index is 0.148. The average Bonchev–Trinajstić information content (AvgIpc) is 2.01. The van der Waals surface area contributed by atoms with Crippen LogP contribution in [-0.4, -0.2) is 28.2 Å². The summed E-state index contributed by atoms with van der Waals surface area (Å²) in [5.41, 5.74) is 5.02. The Bertz CT molecular complexity index is 355. The van der Waals surface area contributed by atoms with E-state index in [-0.39, 0.29) is 22.5 Å². The molecule has 70 valence electrons. The van der Waals surface area contributed by atoms with Gasteiger partial charge in [-0.1, -0.05) is 0 Å². The molecule has 0 spiro atoms. The molecule has 0 bridgehead atoms. The molecule has 0 atom stereocenters. The van der Waals surface area contributed by atoms with Gasteiger partial charge in [-0.25, -0.2) is 4.79 Å². The van der Waals surface area contributed by atoms with E-state index in [9.17, 15) is 4.79 Å². The summed E-state index contributed by atoms with van der Waals surface area (Å²) in [5.74, 6) is -1.62. The van der Waals surface area contributed by atoms with E-state index in [2.05, 4.69) is 14.7 Å². The summed E-state index contributed by atoms with van der Waals surface area (Å²) in [6.07, 6.45) is 0. The predicted octanol–water partition coefficient (Wildman–Crippen LogP) is 0.419. The summed E-state index contributed by atoms with van der Waals surface area (Å²) in [4.78, 5) is 17.6. The number of methoxy groups -OCH3 is 1. The van der Waals surface area contributed by atoms with Crippen LogP contribution in [0.25, 0.3) is 0 Å². The van der Waals surface area contributed by atoms with E-state index in [0.29, 0.717) is 0 Å². The minimum Gasteiger partial charge on any atom is -0.480 e. The third kappa shape index (κ3) is 1.78. The highest BCUT2D eigenvalue weighted by atomic mass is 35.5. The maximum atomic E-state index is 10.6. The summed E-state index contributed by atoms with van der Waals surface area (Å²) in [7, 11) is 1.27. The summed E-state index contributed by atoms with van der Waals surface area (Å²) in [6, 6.07) is 0. The quantitative estimate of drug-likeness (QED) is 0.676. The lowest BCUT2D eigenvalue weighted by molar-refractivity contribution is 0.0693. The molecule has 6 nitrogen and oxygen atoms in total. The van der Waals surface area contributed by atoms with Crippen LogP contribution in [0.2, 0.25) is 5.28 Å². The fraction of sp³-hybridized carbons (Fsp3) is 0.167. The number of halogens is 1. The van der Waals surface area contributed by atoms with Crippen LogP contribution in [0.4, 0.5) is 5.82 Å². The smallest absolute Gasteiger partial charge is 0.345 e. The summed E-state index contributed by atoms with van der Waals surface area (Å²) >= 11 is 5.43. The molecule has 0 saturated carbocycles. The van der Waals surface area contributed by atoms with E-state index in [1.54, 1.807) is 0 Å². The highest BCUT2D eigenvalue weighted by Gasteiger charge is 2.18. The lowest BCUT2D eigenvalue weighted by Gasteiger charge is -2.05. The Balaban J connectivity index is 3.38. The van der Waals surface area contributed by atoms with Gasteiger partial charge in [-0.3, -0.25) is 0 Å². The number of carboxylic acids is 1. The summed E-state index contributed by atoms with van der Waals surface area (Å²) in [6.45, 7) is 0. The average molecular weight is 204 g/mol. The number of nitrogens with zero attached hydrogens (tertiary/aromatic N) is 2. The van der Waals surface area contributed by atoms with E-state index >= 15 is 0 Å². The molecule has 1 aromatic heterocycles. The first kappa shape index (κ1) is 9.53. The van der Waals surface area contributed by atoms with Crippen molar-refractivity contribution in [2.75, 3.05) is 12.8 Å². The molecule has 0 aliphatic carbocycles. The first-order valence-corrected chi connectivity index (χ1v) is 3.54. The Labute approximate surface area is 78.3 Å². The molecule has 7 heteroatoms. The second-order valence-corrected chi connectivity index (χ2v) is 2.41. The summed E-state index contributed by atoms with van der Waals surface area (Å²) < 4.78 is 4.67. The zero-order chi connectivity index (χ0) is 10.0. The van der Waals surface area contributed by atoms with Crippen molar-refractivity contribution in [3.63, 3.8) is 0 Å². The molecule has 3 N–H and O–H groups in total. The van der Waals surface area contributed by atoms with Crippen molar-refractivity contribution < 1.29 is 14.6 Å². The molecule has 0 aliphatic rings. The van der Waals surface area contributed by atoms with Crippen LogP contribution in [0.5, 0.6) is 5.88 Å². The number of aromatic nitrogens is 2. The van der Waals surface area contributed by atoms with Gasteiger partial charge in [0.15, 0.2) is 5.56 Å². The molecular formula is C6H6ClN3O3. The molecule has 0 amide bonds. The van der Waals surface area contributed by atoms with Crippen LogP contribution in [-0.2, 0) is 0 Å². The summed E-state index contributed by atoms with van der Waals surface area (Å²) in [5, 5.41) is 8.53. The van der Waals surface area contributed by atoms with Crippen molar-refractivity contribution in [1.29, 1.82) is 0 Å². The highest BCUT2D eigenvalue weighted by Crippen LogP contribution is 2.21.